The lowest BCUT2D eigenvalue weighted by atomic mass is 9.89. The Morgan fingerprint density at radius 2 is 2.00 bits per heavy atom. The van der Waals surface area contributed by atoms with E-state index in [0.29, 0.717) is 18.5 Å². The summed E-state index contributed by atoms with van der Waals surface area (Å²) in [4.78, 5) is 26.4. The van der Waals surface area contributed by atoms with Crippen molar-refractivity contribution in [1.82, 2.24) is 15.5 Å². The van der Waals surface area contributed by atoms with Crippen LogP contribution in [0.4, 0.5) is 4.79 Å². The first-order chi connectivity index (χ1) is 11.5. The summed E-state index contributed by atoms with van der Waals surface area (Å²) in [7, 11) is 0. The molecular weight excluding hydrogens is 302 g/mol. The average molecular weight is 329 g/mol. The summed E-state index contributed by atoms with van der Waals surface area (Å²) >= 11 is 0. The van der Waals surface area contributed by atoms with Crippen molar-refractivity contribution in [2.45, 2.75) is 57.5 Å². The van der Waals surface area contributed by atoms with Gasteiger partial charge in [-0.3, -0.25) is 4.79 Å². The van der Waals surface area contributed by atoms with Crippen molar-refractivity contribution in [1.29, 1.82) is 0 Å². The van der Waals surface area contributed by atoms with Gasteiger partial charge in [-0.1, -0.05) is 12.1 Å². The maximum atomic E-state index is 12.2. The third kappa shape index (κ3) is 4.28. The van der Waals surface area contributed by atoms with Gasteiger partial charge in [0, 0.05) is 36.7 Å². The maximum Gasteiger partial charge on any atom is 0.317 e. The normalized spacial score (nSPS) is 20.8. The highest BCUT2D eigenvalue weighted by atomic mass is 16.2. The molecule has 2 N–H and O–H groups in total. The second-order valence-corrected chi connectivity index (χ2v) is 7.26. The Kier molecular flexibility index (Phi) is 5.07. The summed E-state index contributed by atoms with van der Waals surface area (Å²) in [6, 6.07) is 8.40. The fourth-order valence-electron chi connectivity index (χ4n) is 3.20. The highest BCUT2D eigenvalue weighted by Crippen LogP contribution is 2.28. The van der Waals surface area contributed by atoms with E-state index < -0.39 is 0 Å². The predicted molar refractivity (Wildman–Crippen MR) is 94.1 cm³/mol. The van der Waals surface area contributed by atoms with Crippen LogP contribution in [0.3, 0.4) is 0 Å². The van der Waals surface area contributed by atoms with Crippen molar-refractivity contribution in [3.05, 3.63) is 35.4 Å². The molecule has 0 radical (unpaired) electrons. The second-order valence-electron chi connectivity index (χ2n) is 7.26. The van der Waals surface area contributed by atoms with Gasteiger partial charge < -0.3 is 15.5 Å². The van der Waals surface area contributed by atoms with Crippen LogP contribution < -0.4 is 10.6 Å². The number of likely N-dealkylation sites (tertiary alicyclic amines) is 1. The molecule has 130 valence electrons. The molecular formula is C19H27N3O2. The largest absolute Gasteiger partial charge is 0.349 e. The molecule has 1 aliphatic carbocycles. The van der Waals surface area contributed by atoms with Gasteiger partial charge in [0.05, 0.1) is 0 Å². The minimum absolute atomic E-state index is 0.0114. The van der Waals surface area contributed by atoms with E-state index in [0.717, 1.165) is 43.4 Å². The van der Waals surface area contributed by atoms with Crippen molar-refractivity contribution in [3.63, 3.8) is 0 Å². The third-order valence-electron chi connectivity index (χ3n) is 4.65. The molecule has 1 saturated heterocycles. The molecule has 24 heavy (non-hydrogen) atoms. The lowest BCUT2D eigenvalue weighted by Crippen LogP contribution is -2.47. The molecule has 0 spiro atoms. The van der Waals surface area contributed by atoms with Crippen LogP contribution in [0.5, 0.6) is 0 Å². The number of piperidine rings is 1. The van der Waals surface area contributed by atoms with Gasteiger partial charge in [0.15, 0.2) is 0 Å². The van der Waals surface area contributed by atoms with Crippen LogP contribution in [0, 0.1) is 0 Å². The molecule has 2 fully saturated rings. The van der Waals surface area contributed by atoms with Gasteiger partial charge in [0.1, 0.15) is 0 Å². The molecule has 5 nitrogen and oxygen atoms in total. The molecule has 1 heterocycles. The van der Waals surface area contributed by atoms with Gasteiger partial charge in [-0.25, -0.2) is 4.79 Å². The van der Waals surface area contributed by atoms with Crippen LogP contribution >= 0.6 is 0 Å². The number of hydrogen-bond acceptors (Lipinski definition) is 2. The number of carbonyl (C=O) groups is 2. The van der Waals surface area contributed by atoms with Crippen LogP contribution in [-0.2, 0) is 0 Å². The smallest absolute Gasteiger partial charge is 0.317 e. The number of carbonyl (C=O) groups excluding carboxylic acids is 2. The van der Waals surface area contributed by atoms with Crippen LogP contribution in [-0.4, -0.2) is 42.0 Å². The lowest BCUT2D eigenvalue weighted by Gasteiger charge is -2.33. The van der Waals surface area contributed by atoms with E-state index in [-0.39, 0.29) is 18.0 Å². The maximum absolute atomic E-state index is 12.2. The molecule has 2 aliphatic rings. The third-order valence-corrected chi connectivity index (χ3v) is 4.65. The average Bonchev–Trinajstić information content (AvgIpc) is 3.38. The molecule has 5 heteroatoms. The predicted octanol–water partition coefficient (Wildman–Crippen LogP) is 2.88. The van der Waals surface area contributed by atoms with E-state index >= 15 is 0 Å². The van der Waals surface area contributed by atoms with Crippen molar-refractivity contribution in [3.8, 4) is 0 Å². The van der Waals surface area contributed by atoms with Crippen LogP contribution in [0.1, 0.15) is 61.4 Å². The first-order valence-electron chi connectivity index (χ1n) is 8.99. The van der Waals surface area contributed by atoms with Crippen molar-refractivity contribution >= 4 is 11.9 Å². The fourth-order valence-corrected chi connectivity index (χ4v) is 3.20. The highest BCUT2D eigenvalue weighted by Gasteiger charge is 2.26. The summed E-state index contributed by atoms with van der Waals surface area (Å²) in [5, 5.41) is 6.00. The van der Waals surface area contributed by atoms with Crippen LogP contribution in [0.15, 0.2) is 24.3 Å². The van der Waals surface area contributed by atoms with Crippen molar-refractivity contribution in [2.24, 2.45) is 0 Å². The van der Waals surface area contributed by atoms with E-state index in [2.05, 4.69) is 16.7 Å². The number of benzene rings is 1. The van der Waals surface area contributed by atoms with E-state index in [1.807, 2.05) is 36.9 Å². The quantitative estimate of drug-likeness (QED) is 0.892. The first-order valence-corrected chi connectivity index (χ1v) is 8.99. The molecule has 1 atom stereocenters. The standard InChI is InChI=1S/C19H27N3O2/c1-13(2)20-19(24)22-10-4-7-16(12-22)14-5-3-6-15(11-14)18(23)21-17-8-9-17/h3,5-6,11,13,16-17H,4,7-10,12H2,1-2H3,(H,20,24)(H,21,23). The van der Waals surface area contributed by atoms with Gasteiger partial charge in [-0.05, 0) is 57.2 Å². The Hall–Kier alpha value is -2.04. The number of nitrogens with one attached hydrogen (secondary N) is 2. The zero-order valence-corrected chi connectivity index (χ0v) is 14.5. The number of hydrogen-bond donors (Lipinski definition) is 2. The molecule has 1 aliphatic heterocycles. The molecule has 3 amide bonds. The molecule has 1 aromatic rings. The van der Waals surface area contributed by atoms with E-state index in [1.54, 1.807) is 0 Å². The Morgan fingerprint density at radius 1 is 1.21 bits per heavy atom. The Bertz CT molecular complexity index is 610. The number of rotatable bonds is 4. The summed E-state index contributed by atoms with van der Waals surface area (Å²) in [6.45, 7) is 5.46. The van der Waals surface area contributed by atoms with Crippen LogP contribution in [0.2, 0.25) is 0 Å². The Morgan fingerprint density at radius 3 is 2.71 bits per heavy atom. The summed E-state index contributed by atoms with van der Waals surface area (Å²) in [6.07, 6.45) is 4.23. The number of nitrogens with zero attached hydrogens (tertiary/aromatic N) is 1. The van der Waals surface area contributed by atoms with Crippen molar-refractivity contribution in [2.75, 3.05) is 13.1 Å². The molecule has 1 saturated carbocycles. The number of urea groups is 1. The minimum Gasteiger partial charge on any atom is -0.349 e. The molecule has 1 unspecified atom stereocenters. The monoisotopic (exact) mass is 329 g/mol. The van der Waals surface area contributed by atoms with E-state index in [9.17, 15) is 9.59 Å². The second kappa shape index (κ2) is 7.24. The van der Waals surface area contributed by atoms with Crippen LogP contribution in [0.25, 0.3) is 0 Å². The van der Waals surface area contributed by atoms with E-state index in [1.165, 1.54) is 0 Å². The molecule has 0 aromatic heterocycles. The summed E-state index contributed by atoms with van der Waals surface area (Å²) in [5.74, 6) is 0.315. The topological polar surface area (TPSA) is 61.4 Å². The zero-order valence-electron chi connectivity index (χ0n) is 14.5. The lowest BCUT2D eigenvalue weighted by molar-refractivity contribution is 0.0950. The molecule has 1 aromatic carbocycles. The Labute approximate surface area is 143 Å². The summed E-state index contributed by atoms with van der Waals surface area (Å²) < 4.78 is 0. The minimum atomic E-state index is 0.0114. The van der Waals surface area contributed by atoms with Gasteiger partial charge >= 0.3 is 6.03 Å². The van der Waals surface area contributed by atoms with E-state index in [4.69, 9.17) is 0 Å². The number of amides is 3. The Balaban J connectivity index is 1.66. The zero-order chi connectivity index (χ0) is 17.1. The van der Waals surface area contributed by atoms with Gasteiger partial charge in [-0.15, -0.1) is 0 Å². The fraction of sp³-hybridized carbons (Fsp3) is 0.579. The SMILES string of the molecule is CC(C)NC(=O)N1CCCC(c2cccc(C(=O)NC3CC3)c2)C1. The van der Waals surface area contributed by atoms with Gasteiger partial charge in [0.25, 0.3) is 5.91 Å². The van der Waals surface area contributed by atoms with Gasteiger partial charge in [0.2, 0.25) is 0 Å². The summed E-state index contributed by atoms with van der Waals surface area (Å²) in [5.41, 5.74) is 1.88. The molecule has 0 bridgehead atoms. The van der Waals surface area contributed by atoms with Gasteiger partial charge in [-0.2, -0.15) is 0 Å². The van der Waals surface area contributed by atoms with Crippen molar-refractivity contribution < 1.29 is 9.59 Å². The first kappa shape index (κ1) is 16.8. The molecule has 3 rings (SSSR count). The highest BCUT2D eigenvalue weighted by molar-refractivity contribution is 5.94.